The highest BCUT2D eigenvalue weighted by Gasteiger charge is 2.71. The van der Waals surface area contributed by atoms with Gasteiger partial charge in [0.05, 0.1) is 22.1 Å². The van der Waals surface area contributed by atoms with Gasteiger partial charge in [0.1, 0.15) is 18.0 Å². The van der Waals surface area contributed by atoms with Gasteiger partial charge in [0.2, 0.25) is 0 Å². The number of ether oxygens (including phenoxy) is 3. The van der Waals surface area contributed by atoms with Gasteiger partial charge < -0.3 is 14.2 Å². The molecule has 0 spiro atoms. The molecule has 0 aromatic heterocycles. The third-order valence-corrected chi connectivity index (χ3v) is 11.9. The zero-order valence-corrected chi connectivity index (χ0v) is 23.8. The molecule has 40 heavy (non-hydrogen) atoms. The van der Waals surface area contributed by atoms with Crippen molar-refractivity contribution in [2.75, 3.05) is 0 Å². The largest absolute Gasteiger partial charge is 0.458 e. The van der Waals surface area contributed by atoms with Crippen LogP contribution >= 0.6 is 0 Å². The maximum atomic E-state index is 13.8. The summed E-state index contributed by atoms with van der Waals surface area (Å²) in [5, 5.41) is 0. The second-order valence-corrected chi connectivity index (χ2v) is 15.2. The summed E-state index contributed by atoms with van der Waals surface area (Å²) < 4.78 is 51.4. The summed E-state index contributed by atoms with van der Waals surface area (Å²) in [6.07, 6.45) is 5.60. The standard InChI is InChI=1S/C30H36O9S/c1-13(2)18-9-21(14(3)4-22(18)40(34,35)36)37-27(31)23-20-8-19-24(23)28(32)38-25(19)26(20)39-29(33)30-10-15-5-16(11-30)7-17(6-15)12-30/h4,9,13,15-17,19-20,23-26H,5-8,10-12H2,1-3H3,(H,34,35,36). The lowest BCUT2D eigenvalue weighted by Gasteiger charge is -2.55. The van der Waals surface area contributed by atoms with Gasteiger partial charge >= 0.3 is 17.9 Å². The monoisotopic (exact) mass is 572 g/mol. The van der Waals surface area contributed by atoms with Crippen LogP contribution in [0.3, 0.4) is 0 Å². The molecule has 6 bridgehead atoms. The van der Waals surface area contributed by atoms with Gasteiger partial charge in [-0.3, -0.25) is 18.9 Å². The summed E-state index contributed by atoms with van der Waals surface area (Å²) in [6, 6.07) is 2.76. The van der Waals surface area contributed by atoms with E-state index in [0.29, 0.717) is 35.3 Å². The third-order valence-electron chi connectivity index (χ3n) is 11.0. The average molecular weight is 573 g/mol. The Hall–Kier alpha value is -2.46. The number of fused-ring (bicyclic) bond motifs is 1. The molecule has 216 valence electrons. The Balaban J connectivity index is 1.14. The lowest BCUT2D eigenvalue weighted by atomic mass is 9.49. The van der Waals surface area contributed by atoms with Gasteiger partial charge in [0, 0.05) is 11.8 Å². The number of carbonyl (C=O) groups is 3. The van der Waals surface area contributed by atoms with Crippen LogP contribution in [0.15, 0.2) is 17.0 Å². The molecule has 1 aliphatic heterocycles. The molecule has 7 aliphatic rings. The maximum Gasteiger partial charge on any atom is 0.315 e. The maximum absolute atomic E-state index is 13.8. The summed E-state index contributed by atoms with van der Waals surface area (Å²) in [5.74, 6) is -1.61. The van der Waals surface area contributed by atoms with E-state index in [0.717, 1.165) is 19.3 Å². The van der Waals surface area contributed by atoms with E-state index < -0.39 is 51.5 Å². The van der Waals surface area contributed by atoms with Crippen molar-refractivity contribution in [3.63, 3.8) is 0 Å². The van der Waals surface area contributed by atoms with Crippen molar-refractivity contribution in [1.29, 1.82) is 0 Å². The molecular weight excluding hydrogens is 536 g/mol. The van der Waals surface area contributed by atoms with Crippen LogP contribution in [0.5, 0.6) is 5.75 Å². The summed E-state index contributed by atoms with van der Waals surface area (Å²) in [4.78, 5) is 40.1. The van der Waals surface area contributed by atoms with E-state index in [1.54, 1.807) is 20.8 Å². The van der Waals surface area contributed by atoms with E-state index in [-0.39, 0.29) is 34.4 Å². The molecule has 1 aromatic rings. The van der Waals surface area contributed by atoms with Gasteiger partial charge in [-0.05, 0) is 98.8 Å². The van der Waals surface area contributed by atoms with Gasteiger partial charge in [-0.2, -0.15) is 8.42 Å². The fraction of sp³-hybridized carbons (Fsp3) is 0.700. The second-order valence-electron chi connectivity index (χ2n) is 13.8. The van der Waals surface area contributed by atoms with Crippen molar-refractivity contribution in [2.45, 2.75) is 88.7 Å². The number of hydrogen-bond donors (Lipinski definition) is 1. The van der Waals surface area contributed by atoms with Crippen LogP contribution < -0.4 is 4.74 Å². The van der Waals surface area contributed by atoms with E-state index >= 15 is 0 Å². The van der Waals surface area contributed by atoms with Crippen LogP contribution in [0.2, 0.25) is 0 Å². The van der Waals surface area contributed by atoms with Crippen LogP contribution in [-0.2, 0) is 34.0 Å². The van der Waals surface area contributed by atoms with Gasteiger partial charge in [-0.15, -0.1) is 0 Å². The van der Waals surface area contributed by atoms with Crippen molar-refractivity contribution >= 4 is 28.0 Å². The Morgan fingerprint density at radius 3 is 2.23 bits per heavy atom. The first-order valence-corrected chi connectivity index (χ1v) is 16.0. The number of hydrogen-bond acceptors (Lipinski definition) is 8. The molecule has 6 atom stereocenters. The molecule has 7 fully saturated rings. The van der Waals surface area contributed by atoms with Crippen molar-refractivity contribution in [1.82, 2.24) is 0 Å². The molecule has 8 rings (SSSR count). The summed E-state index contributed by atoms with van der Waals surface area (Å²) in [6.45, 7) is 5.15. The normalized spacial score (nSPS) is 40.5. The number of aryl methyl sites for hydroxylation is 1. The molecule has 1 heterocycles. The molecule has 6 aliphatic carbocycles. The van der Waals surface area contributed by atoms with Crippen molar-refractivity contribution < 1.29 is 41.6 Å². The van der Waals surface area contributed by atoms with Crippen LogP contribution in [0, 0.1) is 53.8 Å². The first kappa shape index (κ1) is 26.4. The zero-order valence-electron chi connectivity index (χ0n) is 23.0. The molecule has 6 saturated carbocycles. The lowest BCUT2D eigenvalue weighted by Crippen LogP contribution is -2.53. The minimum Gasteiger partial charge on any atom is -0.458 e. The average Bonchev–Trinajstić information content (AvgIpc) is 3.47. The fourth-order valence-electron chi connectivity index (χ4n) is 9.72. The van der Waals surface area contributed by atoms with Gasteiger partial charge in [0.25, 0.3) is 10.1 Å². The summed E-state index contributed by atoms with van der Waals surface area (Å²) >= 11 is 0. The molecule has 9 nitrogen and oxygen atoms in total. The Kier molecular flexibility index (Phi) is 5.80. The van der Waals surface area contributed by atoms with E-state index in [9.17, 15) is 27.4 Å². The SMILES string of the molecule is Cc1cc(S(=O)(=O)O)c(C(C)C)cc1OC(=O)C1C2CC3C(OC(=O)C31)C2OC(=O)C12CC3CC(CC(C3)C1)C2. The molecule has 1 aromatic carbocycles. The fourth-order valence-corrected chi connectivity index (χ4v) is 10.6. The number of esters is 3. The minimum absolute atomic E-state index is 0.175. The van der Waals surface area contributed by atoms with Crippen LogP contribution in [0.1, 0.15) is 75.8 Å². The second kappa shape index (κ2) is 8.77. The predicted octanol–water partition coefficient (Wildman–Crippen LogP) is 4.21. The van der Waals surface area contributed by atoms with E-state index in [4.69, 9.17) is 14.2 Å². The Morgan fingerprint density at radius 1 is 1.02 bits per heavy atom. The van der Waals surface area contributed by atoms with Crippen molar-refractivity contribution in [3.05, 3.63) is 23.3 Å². The molecule has 1 N–H and O–H groups in total. The summed E-state index contributed by atoms with van der Waals surface area (Å²) in [5.41, 5.74) is 0.241. The molecular formula is C30H36O9S. The highest BCUT2D eigenvalue weighted by Crippen LogP contribution is 2.62. The number of benzene rings is 1. The van der Waals surface area contributed by atoms with E-state index in [2.05, 4.69) is 0 Å². The van der Waals surface area contributed by atoms with E-state index in [1.165, 1.54) is 31.4 Å². The Labute approximate surface area is 234 Å². The molecule has 1 saturated heterocycles. The van der Waals surface area contributed by atoms with Gasteiger partial charge in [-0.1, -0.05) is 13.8 Å². The molecule has 0 radical (unpaired) electrons. The van der Waals surface area contributed by atoms with Crippen LogP contribution in [-0.4, -0.2) is 43.1 Å². The van der Waals surface area contributed by atoms with Gasteiger partial charge in [0.15, 0.2) is 0 Å². The van der Waals surface area contributed by atoms with E-state index in [1.807, 2.05) is 0 Å². The Morgan fingerprint density at radius 2 is 1.65 bits per heavy atom. The topological polar surface area (TPSA) is 133 Å². The first-order chi connectivity index (χ1) is 18.8. The smallest absolute Gasteiger partial charge is 0.315 e. The highest BCUT2D eigenvalue weighted by molar-refractivity contribution is 7.85. The highest BCUT2D eigenvalue weighted by atomic mass is 32.2. The van der Waals surface area contributed by atoms with Crippen LogP contribution in [0.4, 0.5) is 0 Å². The van der Waals surface area contributed by atoms with Crippen LogP contribution in [0.25, 0.3) is 0 Å². The minimum atomic E-state index is -4.47. The zero-order chi connectivity index (χ0) is 28.3. The molecule has 10 heteroatoms. The number of rotatable bonds is 6. The van der Waals surface area contributed by atoms with Crippen molar-refractivity contribution in [2.24, 2.45) is 46.8 Å². The van der Waals surface area contributed by atoms with Gasteiger partial charge in [-0.25, -0.2) is 0 Å². The number of carbonyl (C=O) groups excluding carboxylic acids is 3. The first-order valence-electron chi connectivity index (χ1n) is 14.6. The Bertz CT molecular complexity index is 1380. The quantitative estimate of drug-likeness (QED) is 0.302. The molecule has 6 unspecified atom stereocenters. The lowest BCUT2D eigenvalue weighted by molar-refractivity contribution is -0.187. The third kappa shape index (κ3) is 3.88. The molecule has 0 amide bonds. The van der Waals surface area contributed by atoms with Crippen molar-refractivity contribution in [3.8, 4) is 5.75 Å². The summed E-state index contributed by atoms with van der Waals surface area (Å²) in [7, 11) is -4.47. The predicted molar refractivity (Wildman–Crippen MR) is 140 cm³/mol.